The highest BCUT2D eigenvalue weighted by Gasteiger charge is 2.34. The van der Waals surface area contributed by atoms with Crippen LogP contribution < -0.4 is 5.32 Å². The van der Waals surface area contributed by atoms with Crippen LogP contribution in [0.2, 0.25) is 0 Å². The van der Waals surface area contributed by atoms with Crippen molar-refractivity contribution in [2.24, 2.45) is 0 Å². The van der Waals surface area contributed by atoms with Gasteiger partial charge < -0.3 is 10.2 Å². The number of halogens is 2. The highest BCUT2D eigenvalue weighted by molar-refractivity contribution is 9.10. The van der Waals surface area contributed by atoms with E-state index in [-0.39, 0.29) is 18.4 Å². The van der Waals surface area contributed by atoms with Crippen molar-refractivity contribution in [3.05, 3.63) is 99.8 Å². The molecule has 1 aliphatic rings. The third kappa shape index (κ3) is 3.43. The van der Waals surface area contributed by atoms with Crippen LogP contribution in [0.25, 0.3) is 0 Å². The molecule has 0 aromatic heterocycles. The fourth-order valence-electron chi connectivity index (χ4n) is 3.45. The molecule has 1 atom stereocenters. The summed E-state index contributed by atoms with van der Waals surface area (Å²) in [6, 6.07) is 20.0. The molecule has 140 valence electrons. The van der Waals surface area contributed by atoms with Crippen molar-refractivity contribution in [2.75, 3.05) is 11.9 Å². The first-order valence-electron chi connectivity index (χ1n) is 8.74. The van der Waals surface area contributed by atoms with Gasteiger partial charge in [0, 0.05) is 15.7 Å². The van der Waals surface area contributed by atoms with Crippen molar-refractivity contribution < 1.29 is 14.0 Å². The maximum atomic E-state index is 14.1. The van der Waals surface area contributed by atoms with E-state index in [4.69, 9.17) is 0 Å². The third-order valence-corrected chi connectivity index (χ3v) is 5.38. The zero-order chi connectivity index (χ0) is 19.7. The van der Waals surface area contributed by atoms with Gasteiger partial charge >= 0.3 is 0 Å². The van der Waals surface area contributed by atoms with Gasteiger partial charge in [0.05, 0.1) is 11.6 Å². The maximum absolute atomic E-state index is 14.1. The molecular weight excluding hydrogens is 423 g/mol. The van der Waals surface area contributed by atoms with Gasteiger partial charge in [0.25, 0.3) is 5.91 Å². The van der Waals surface area contributed by atoms with Crippen molar-refractivity contribution >= 4 is 33.4 Å². The van der Waals surface area contributed by atoms with Crippen LogP contribution in [-0.2, 0) is 4.79 Å². The Morgan fingerprint density at radius 3 is 2.50 bits per heavy atom. The molecule has 0 fully saturated rings. The van der Waals surface area contributed by atoms with E-state index >= 15 is 0 Å². The van der Waals surface area contributed by atoms with E-state index in [1.165, 1.54) is 23.1 Å². The lowest BCUT2D eigenvalue weighted by molar-refractivity contribution is -0.117. The second-order valence-electron chi connectivity index (χ2n) is 6.51. The van der Waals surface area contributed by atoms with Gasteiger partial charge in [-0.1, -0.05) is 42.5 Å². The van der Waals surface area contributed by atoms with Crippen molar-refractivity contribution in [3.63, 3.8) is 0 Å². The van der Waals surface area contributed by atoms with Crippen molar-refractivity contribution in [3.8, 4) is 0 Å². The van der Waals surface area contributed by atoms with E-state index in [9.17, 15) is 14.0 Å². The van der Waals surface area contributed by atoms with E-state index in [2.05, 4.69) is 21.2 Å². The Balaban J connectivity index is 1.91. The fraction of sp³-hybridized carbons (Fsp3) is 0.0909. The van der Waals surface area contributed by atoms with Crippen LogP contribution in [0.5, 0.6) is 0 Å². The van der Waals surface area contributed by atoms with Crippen LogP contribution in [0.15, 0.2) is 77.3 Å². The minimum absolute atomic E-state index is 0.143. The first-order chi connectivity index (χ1) is 13.5. The first-order valence-corrected chi connectivity index (χ1v) is 9.53. The summed E-state index contributed by atoms with van der Waals surface area (Å²) in [5.41, 5.74) is 2.28. The molecule has 4 nitrogen and oxygen atoms in total. The van der Waals surface area contributed by atoms with Crippen molar-refractivity contribution in [1.29, 1.82) is 0 Å². The normalized spacial score (nSPS) is 16.1. The van der Waals surface area contributed by atoms with E-state index in [0.717, 1.165) is 5.56 Å². The lowest BCUT2D eigenvalue weighted by Gasteiger charge is -2.31. The molecule has 0 aliphatic carbocycles. The van der Waals surface area contributed by atoms with Crippen LogP contribution in [0.4, 0.5) is 10.1 Å². The number of benzene rings is 3. The Kier molecular flexibility index (Phi) is 4.96. The summed E-state index contributed by atoms with van der Waals surface area (Å²) in [5, 5.41) is 2.79. The highest BCUT2D eigenvalue weighted by Crippen LogP contribution is 2.37. The van der Waals surface area contributed by atoms with Gasteiger partial charge in [-0.25, -0.2) is 4.39 Å². The summed E-state index contributed by atoms with van der Waals surface area (Å²) in [7, 11) is 0. The number of hydrogen-bond acceptors (Lipinski definition) is 2. The monoisotopic (exact) mass is 438 g/mol. The molecule has 0 radical (unpaired) electrons. The van der Waals surface area contributed by atoms with Crippen LogP contribution in [0, 0.1) is 5.82 Å². The molecule has 2 amide bonds. The summed E-state index contributed by atoms with van der Waals surface area (Å²) < 4.78 is 14.7. The van der Waals surface area contributed by atoms with Crippen molar-refractivity contribution in [1.82, 2.24) is 4.90 Å². The third-order valence-electron chi connectivity index (χ3n) is 4.69. The number of carbonyl (C=O) groups excluding carboxylic acids is 2. The van der Waals surface area contributed by atoms with Crippen LogP contribution in [0.1, 0.15) is 27.5 Å². The Morgan fingerprint density at radius 2 is 1.75 bits per heavy atom. The number of amides is 2. The van der Waals surface area contributed by atoms with Crippen LogP contribution in [-0.4, -0.2) is 23.3 Å². The predicted octanol–water partition coefficient (Wildman–Crippen LogP) is 4.77. The SMILES string of the molecule is O=C1CN(C(=O)c2ccccc2Br)[C@@H](c2ccccc2)c2cc(F)ccc2N1. The number of nitrogens with one attached hydrogen (secondary N) is 1. The van der Waals surface area contributed by atoms with Gasteiger partial charge in [-0.05, 0) is 51.8 Å². The summed E-state index contributed by atoms with van der Waals surface area (Å²) in [6.45, 7) is -0.143. The summed E-state index contributed by atoms with van der Waals surface area (Å²) in [4.78, 5) is 27.4. The maximum Gasteiger partial charge on any atom is 0.256 e. The molecule has 1 heterocycles. The average molecular weight is 439 g/mol. The molecule has 1 N–H and O–H groups in total. The van der Waals surface area contributed by atoms with E-state index in [0.29, 0.717) is 21.3 Å². The second kappa shape index (κ2) is 7.56. The van der Waals surface area contributed by atoms with Crippen LogP contribution in [0.3, 0.4) is 0 Å². The van der Waals surface area contributed by atoms with Gasteiger partial charge in [0.1, 0.15) is 12.4 Å². The molecule has 6 heteroatoms. The molecule has 0 spiro atoms. The lowest BCUT2D eigenvalue weighted by atomic mass is 9.95. The largest absolute Gasteiger partial charge is 0.324 e. The molecule has 0 saturated carbocycles. The summed E-state index contributed by atoms with van der Waals surface area (Å²) in [5.74, 6) is -1.07. The Hall–Kier alpha value is -2.99. The number of rotatable bonds is 2. The van der Waals surface area contributed by atoms with Gasteiger partial charge in [-0.3, -0.25) is 9.59 Å². The molecule has 4 rings (SSSR count). The predicted molar refractivity (Wildman–Crippen MR) is 108 cm³/mol. The quantitative estimate of drug-likeness (QED) is 0.626. The average Bonchev–Trinajstić information content (AvgIpc) is 2.84. The van der Waals surface area contributed by atoms with E-state index in [1.54, 1.807) is 18.2 Å². The zero-order valence-corrected chi connectivity index (χ0v) is 16.3. The fourth-order valence-corrected chi connectivity index (χ4v) is 3.90. The van der Waals surface area contributed by atoms with E-state index < -0.39 is 11.9 Å². The minimum atomic E-state index is -0.606. The molecule has 0 bridgehead atoms. The number of carbonyl (C=O) groups is 2. The summed E-state index contributed by atoms with van der Waals surface area (Å²) in [6.07, 6.45) is 0. The molecule has 3 aromatic carbocycles. The molecule has 0 saturated heterocycles. The molecule has 1 aliphatic heterocycles. The van der Waals surface area contributed by atoms with Crippen LogP contribution >= 0.6 is 15.9 Å². The number of anilines is 1. The standard InChI is InChI=1S/C22H16BrFN2O2/c23-18-9-5-4-8-16(18)22(28)26-13-20(27)25-19-11-10-15(24)12-17(19)21(26)14-6-2-1-3-7-14/h1-12,21H,13H2,(H,25,27)/t21-/m0/s1. The number of nitrogens with zero attached hydrogens (tertiary/aromatic N) is 1. The summed E-state index contributed by atoms with van der Waals surface area (Å²) >= 11 is 3.41. The Labute approximate surface area is 170 Å². The molecule has 3 aromatic rings. The zero-order valence-electron chi connectivity index (χ0n) is 14.7. The van der Waals surface area contributed by atoms with Gasteiger partial charge in [-0.2, -0.15) is 0 Å². The molecule has 28 heavy (non-hydrogen) atoms. The van der Waals surface area contributed by atoms with Gasteiger partial charge in [0.15, 0.2) is 0 Å². The topological polar surface area (TPSA) is 49.4 Å². The minimum Gasteiger partial charge on any atom is -0.324 e. The second-order valence-corrected chi connectivity index (χ2v) is 7.36. The number of fused-ring (bicyclic) bond motifs is 1. The van der Waals surface area contributed by atoms with Gasteiger partial charge in [-0.15, -0.1) is 0 Å². The lowest BCUT2D eigenvalue weighted by Crippen LogP contribution is -2.39. The van der Waals surface area contributed by atoms with Gasteiger partial charge in [0.2, 0.25) is 5.91 Å². The Morgan fingerprint density at radius 1 is 1.04 bits per heavy atom. The van der Waals surface area contributed by atoms with Crippen molar-refractivity contribution in [2.45, 2.75) is 6.04 Å². The number of hydrogen-bond donors (Lipinski definition) is 1. The Bertz CT molecular complexity index is 1060. The molecule has 0 unspecified atom stereocenters. The molecular formula is C22H16BrFN2O2. The highest BCUT2D eigenvalue weighted by atomic mass is 79.9. The van der Waals surface area contributed by atoms with E-state index in [1.807, 2.05) is 36.4 Å². The smallest absolute Gasteiger partial charge is 0.256 e. The first kappa shape index (κ1) is 18.4.